The second-order valence-electron chi connectivity index (χ2n) is 6.83. The second-order valence-corrected chi connectivity index (χ2v) is 8.14. The molecule has 0 spiro atoms. The van der Waals surface area contributed by atoms with Crippen LogP contribution in [0.3, 0.4) is 0 Å². The van der Waals surface area contributed by atoms with E-state index in [1.165, 1.54) is 48.5 Å². The van der Waals surface area contributed by atoms with Gasteiger partial charge >= 0.3 is 0 Å². The van der Waals surface area contributed by atoms with E-state index in [9.17, 15) is 19.1 Å². The summed E-state index contributed by atoms with van der Waals surface area (Å²) in [6, 6.07) is 15.0. The van der Waals surface area contributed by atoms with Crippen molar-refractivity contribution in [2.75, 3.05) is 4.90 Å². The molecule has 1 heterocycles. The standard InChI is InChI=1S/C23H13Cl3FNO3/c24-13-5-3-4-12(8-13)21(29)19-20(17-6-1-2-7-18(17)27)28(23(31)22(19)30)16-10-14(25)9-15(26)11-16/h1-11,20,29H/b21-19+. The number of benzene rings is 3. The molecule has 0 aliphatic carbocycles. The van der Waals surface area contributed by atoms with Crippen LogP contribution in [0.15, 0.2) is 72.3 Å². The molecule has 0 saturated carbocycles. The summed E-state index contributed by atoms with van der Waals surface area (Å²) in [5, 5.41) is 11.8. The van der Waals surface area contributed by atoms with Crippen molar-refractivity contribution in [1.82, 2.24) is 0 Å². The smallest absolute Gasteiger partial charge is 0.300 e. The summed E-state index contributed by atoms with van der Waals surface area (Å²) in [5.74, 6) is -3.04. The molecule has 0 radical (unpaired) electrons. The first kappa shape index (κ1) is 21.4. The molecular formula is C23H13Cl3FNO3. The minimum atomic E-state index is -1.24. The largest absolute Gasteiger partial charge is 0.507 e. The van der Waals surface area contributed by atoms with Gasteiger partial charge in [0.1, 0.15) is 11.6 Å². The first-order valence-electron chi connectivity index (χ1n) is 9.05. The lowest BCUT2D eigenvalue weighted by Crippen LogP contribution is -2.29. The van der Waals surface area contributed by atoms with Gasteiger partial charge in [-0.3, -0.25) is 14.5 Å². The number of hydrogen-bond donors (Lipinski definition) is 1. The Morgan fingerprint density at radius 3 is 2.19 bits per heavy atom. The molecule has 1 atom stereocenters. The molecule has 0 aromatic heterocycles. The molecular weight excluding hydrogens is 464 g/mol. The number of rotatable bonds is 3. The minimum absolute atomic E-state index is 0.0291. The van der Waals surface area contributed by atoms with Gasteiger partial charge in [0.05, 0.1) is 11.6 Å². The Labute approximate surface area is 192 Å². The van der Waals surface area contributed by atoms with Gasteiger partial charge in [-0.1, -0.05) is 65.1 Å². The van der Waals surface area contributed by atoms with Gasteiger partial charge in [-0.25, -0.2) is 4.39 Å². The second kappa shape index (κ2) is 8.35. The van der Waals surface area contributed by atoms with E-state index < -0.39 is 29.3 Å². The van der Waals surface area contributed by atoms with Gasteiger partial charge in [0.25, 0.3) is 11.7 Å². The monoisotopic (exact) mass is 475 g/mol. The Morgan fingerprint density at radius 2 is 1.55 bits per heavy atom. The van der Waals surface area contributed by atoms with Crippen molar-refractivity contribution in [3.63, 3.8) is 0 Å². The van der Waals surface area contributed by atoms with Crippen molar-refractivity contribution >= 4 is 57.9 Å². The summed E-state index contributed by atoms with van der Waals surface area (Å²) < 4.78 is 14.8. The zero-order valence-corrected chi connectivity index (χ0v) is 17.9. The van der Waals surface area contributed by atoms with E-state index >= 15 is 0 Å². The van der Waals surface area contributed by atoms with Crippen LogP contribution in [-0.2, 0) is 9.59 Å². The maximum atomic E-state index is 14.8. The molecule has 1 saturated heterocycles. The number of ketones is 1. The summed E-state index contributed by atoms with van der Waals surface area (Å²) in [6.07, 6.45) is 0. The van der Waals surface area contributed by atoms with E-state index in [1.54, 1.807) is 18.2 Å². The predicted molar refractivity (Wildman–Crippen MR) is 119 cm³/mol. The van der Waals surface area contributed by atoms with Gasteiger partial charge in [0.15, 0.2) is 0 Å². The Balaban J connectivity index is 2.00. The molecule has 0 bridgehead atoms. The van der Waals surface area contributed by atoms with Crippen molar-refractivity contribution in [3.8, 4) is 0 Å². The van der Waals surface area contributed by atoms with Crippen LogP contribution in [0.5, 0.6) is 0 Å². The fourth-order valence-corrected chi connectivity index (χ4v) is 4.26. The predicted octanol–water partition coefficient (Wildman–Crippen LogP) is 6.41. The average molecular weight is 477 g/mol. The van der Waals surface area contributed by atoms with Crippen LogP contribution >= 0.6 is 34.8 Å². The SMILES string of the molecule is O=C1C(=O)N(c2cc(Cl)cc(Cl)c2)C(c2ccccc2F)/C1=C(\O)c1cccc(Cl)c1. The molecule has 1 aliphatic rings. The van der Waals surface area contributed by atoms with E-state index in [0.717, 1.165) is 4.90 Å². The Hall–Kier alpha value is -2.86. The number of Topliss-reactive ketones (excluding diaryl/α,β-unsaturated/α-hetero) is 1. The Bertz CT molecular complexity index is 1240. The molecule has 1 fully saturated rings. The molecule has 3 aromatic carbocycles. The zero-order chi connectivity index (χ0) is 22.3. The molecule has 8 heteroatoms. The number of aliphatic hydroxyl groups is 1. The summed E-state index contributed by atoms with van der Waals surface area (Å²) >= 11 is 18.2. The zero-order valence-electron chi connectivity index (χ0n) is 15.7. The van der Waals surface area contributed by atoms with Crippen LogP contribution in [-0.4, -0.2) is 16.8 Å². The fourth-order valence-electron chi connectivity index (χ4n) is 3.56. The third kappa shape index (κ3) is 3.92. The van der Waals surface area contributed by atoms with E-state index in [0.29, 0.717) is 5.02 Å². The van der Waals surface area contributed by atoms with Crippen LogP contribution in [0.1, 0.15) is 17.2 Å². The summed E-state index contributed by atoms with van der Waals surface area (Å²) in [7, 11) is 0. The molecule has 31 heavy (non-hydrogen) atoms. The highest BCUT2D eigenvalue weighted by Gasteiger charge is 2.48. The molecule has 1 amide bonds. The summed E-state index contributed by atoms with van der Waals surface area (Å²) in [5.41, 5.74) is 0.170. The number of nitrogens with zero attached hydrogens (tertiary/aromatic N) is 1. The van der Waals surface area contributed by atoms with Gasteiger partial charge in [0.2, 0.25) is 0 Å². The van der Waals surface area contributed by atoms with Gasteiger partial charge < -0.3 is 5.11 Å². The van der Waals surface area contributed by atoms with Gasteiger partial charge in [-0.2, -0.15) is 0 Å². The highest BCUT2D eigenvalue weighted by atomic mass is 35.5. The van der Waals surface area contributed by atoms with Gasteiger partial charge in [-0.15, -0.1) is 0 Å². The van der Waals surface area contributed by atoms with Crippen LogP contribution in [0, 0.1) is 5.82 Å². The molecule has 3 aromatic rings. The first-order chi connectivity index (χ1) is 14.8. The van der Waals surface area contributed by atoms with Crippen LogP contribution < -0.4 is 4.90 Å². The maximum absolute atomic E-state index is 14.8. The number of anilines is 1. The van der Waals surface area contributed by atoms with Crippen LogP contribution in [0.2, 0.25) is 15.1 Å². The number of aliphatic hydroxyl groups excluding tert-OH is 1. The first-order valence-corrected chi connectivity index (χ1v) is 10.2. The van der Waals surface area contributed by atoms with E-state index in [-0.39, 0.29) is 32.4 Å². The molecule has 4 nitrogen and oxygen atoms in total. The van der Waals surface area contributed by atoms with Gasteiger partial charge in [-0.05, 0) is 36.4 Å². The Kier molecular flexibility index (Phi) is 5.75. The van der Waals surface area contributed by atoms with E-state index in [2.05, 4.69) is 0 Å². The van der Waals surface area contributed by atoms with Crippen LogP contribution in [0.4, 0.5) is 10.1 Å². The third-order valence-corrected chi connectivity index (χ3v) is 5.54. The Morgan fingerprint density at radius 1 is 0.871 bits per heavy atom. The van der Waals surface area contributed by atoms with E-state index in [1.807, 2.05) is 0 Å². The quantitative estimate of drug-likeness (QED) is 0.270. The molecule has 156 valence electrons. The summed E-state index contributed by atoms with van der Waals surface area (Å²) in [6.45, 7) is 0. The topological polar surface area (TPSA) is 57.6 Å². The van der Waals surface area contributed by atoms with Crippen molar-refractivity contribution in [3.05, 3.63) is 104 Å². The molecule has 4 rings (SSSR count). The lowest BCUT2D eigenvalue weighted by Gasteiger charge is -2.26. The van der Waals surface area contributed by atoms with Crippen molar-refractivity contribution < 1.29 is 19.1 Å². The highest BCUT2D eigenvalue weighted by Crippen LogP contribution is 2.44. The lowest BCUT2D eigenvalue weighted by molar-refractivity contribution is -0.132. The number of carbonyl (C=O) groups excluding carboxylic acids is 2. The van der Waals surface area contributed by atoms with Gasteiger partial charge in [0, 0.05) is 31.9 Å². The third-order valence-electron chi connectivity index (χ3n) is 4.87. The van der Waals surface area contributed by atoms with Crippen molar-refractivity contribution in [1.29, 1.82) is 0 Å². The molecule has 1 N–H and O–H groups in total. The number of halogens is 4. The molecule has 1 aliphatic heterocycles. The van der Waals surface area contributed by atoms with Crippen molar-refractivity contribution in [2.24, 2.45) is 0 Å². The lowest BCUT2D eigenvalue weighted by atomic mass is 9.94. The highest BCUT2D eigenvalue weighted by molar-refractivity contribution is 6.52. The van der Waals surface area contributed by atoms with Crippen molar-refractivity contribution in [2.45, 2.75) is 6.04 Å². The minimum Gasteiger partial charge on any atom is -0.507 e. The fraction of sp³-hybridized carbons (Fsp3) is 0.0435. The van der Waals surface area contributed by atoms with E-state index in [4.69, 9.17) is 34.8 Å². The number of carbonyl (C=O) groups is 2. The summed E-state index contributed by atoms with van der Waals surface area (Å²) in [4.78, 5) is 27.1. The number of amides is 1. The van der Waals surface area contributed by atoms with Crippen LogP contribution in [0.25, 0.3) is 5.76 Å². The average Bonchev–Trinajstić information content (AvgIpc) is 2.98. The molecule has 1 unspecified atom stereocenters. The maximum Gasteiger partial charge on any atom is 0.300 e. The number of hydrogen-bond acceptors (Lipinski definition) is 3. The normalized spacial score (nSPS) is 17.9.